The van der Waals surface area contributed by atoms with Crippen molar-refractivity contribution in [2.45, 2.75) is 25.3 Å². The fourth-order valence-electron chi connectivity index (χ4n) is 2.21. The lowest BCUT2D eigenvalue weighted by molar-refractivity contribution is 0.0929. The molecule has 1 amide bonds. The van der Waals surface area contributed by atoms with Crippen molar-refractivity contribution in [1.82, 2.24) is 10.3 Å². The monoisotopic (exact) mass is 249 g/mol. The van der Waals surface area contributed by atoms with Crippen molar-refractivity contribution in [3.63, 3.8) is 0 Å². The number of hydrogen-bond acceptors (Lipinski definition) is 3. The van der Waals surface area contributed by atoms with Gasteiger partial charge in [-0.1, -0.05) is 24.7 Å². The minimum Gasteiger partial charge on any atom is -0.393 e. The molecular weight excluding hydrogens is 234 g/mol. The van der Waals surface area contributed by atoms with Gasteiger partial charge in [0.2, 0.25) is 0 Å². The largest absolute Gasteiger partial charge is 0.393 e. The number of nitrogens with two attached hydrogens (primary N) is 1. The normalized spacial score (nSPS) is 23.3. The lowest BCUT2D eigenvalue weighted by Crippen LogP contribution is -2.41. The molecule has 2 atom stereocenters. The Bertz CT molecular complexity index is 421. The molecule has 0 radical (unpaired) electrons. The van der Waals surface area contributed by atoms with Crippen LogP contribution in [0.1, 0.15) is 29.8 Å². The first-order valence-corrected chi connectivity index (χ1v) is 6.10. The lowest BCUT2D eigenvalue weighted by Gasteiger charge is -2.19. The quantitative estimate of drug-likeness (QED) is 0.792. The van der Waals surface area contributed by atoms with Gasteiger partial charge >= 0.3 is 0 Å². The molecule has 0 saturated heterocycles. The van der Waals surface area contributed by atoms with Gasteiger partial charge in [0.1, 0.15) is 5.69 Å². The van der Waals surface area contributed by atoms with E-state index in [1.165, 1.54) is 0 Å². The third kappa shape index (κ3) is 2.79. The van der Waals surface area contributed by atoms with E-state index in [2.05, 4.69) is 10.3 Å². The van der Waals surface area contributed by atoms with Crippen LogP contribution in [0.5, 0.6) is 0 Å². The van der Waals surface area contributed by atoms with E-state index < -0.39 is 0 Å². The van der Waals surface area contributed by atoms with E-state index in [1.807, 2.05) is 0 Å². The molecule has 0 aliphatic heterocycles. The van der Waals surface area contributed by atoms with Gasteiger partial charge in [-0.2, -0.15) is 0 Å². The summed E-state index contributed by atoms with van der Waals surface area (Å²) in [7, 11) is 0. The van der Waals surface area contributed by atoms with Gasteiger partial charge in [0.25, 0.3) is 5.91 Å². The number of amides is 1. The summed E-state index contributed by atoms with van der Waals surface area (Å²) in [5.41, 5.74) is 6.10. The van der Waals surface area contributed by atoms with Gasteiger partial charge in [-0.05, 0) is 25.0 Å². The molecule has 0 bridgehead atoms. The Morgan fingerprint density at radius 1 is 1.47 bits per heavy atom. The molecule has 1 aliphatic carbocycles. The topological polar surface area (TPSA) is 68.0 Å². The Morgan fingerprint density at radius 2 is 2.29 bits per heavy atom. The van der Waals surface area contributed by atoms with Crippen LogP contribution in [0.4, 0.5) is 0 Å². The summed E-state index contributed by atoms with van der Waals surface area (Å²) in [6.45, 7) is 0. The van der Waals surface area contributed by atoms with Crippen LogP contribution in [0.3, 0.4) is 0 Å². The van der Waals surface area contributed by atoms with Crippen molar-refractivity contribution in [1.29, 1.82) is 0 Å². The van der Waals surface area contributed by atoms with Gasteiger partial charge in [-0.3, -0.25) is 9.78 Å². The number of hydrogen-bond donors (Lipinski definition) is 2. The molecule has 1 heterocycles. The van der Waals surface area contributed by atoms with E-state index in [9.17, 15) is 4.79 Å². The zero-order valence-corrected chi connectivity index (χ0v) is 10.2. The van der Waals surface area contributed by atoms with Crippen LogP contribution in [-0.4, -0.2) is 21.9 Å². The Labute approximate surface area is 106 Å². The predicted octanol–water partition coefficient (Wildman–Crippen LogP) is 1.27. The standard InChI is InChI=1S/C12H15N3OS/c13-11(17)8-4-3-6-9(8)15-12(16)10-5-1-2-7-14-10/h1-2,5,7-9H,3-4,6H2,(H2,13,17)(H,15,16). The van der Waals surface area contributed by atoms with Crippen LogP contribution in [0.2, 0.25) is 0 Å². The molecule has 1 saturated carbocycles. The second-order valence-electron chi connectivity index (χ2n) is 4.23. The predicted molar refractivity (Wildman–Crippen MR) is 69.6 cm³/mol. The second kappa shape index (κ2) is 5.23. The maximum atomic E-state index is 11.9. The summed E-state index contributed by atoms with van der Waals surface area (Å²) < 4.78 is 0. The van der Waals surface area contributed by atoms with Crippen LogP contribution in [0.15, 0.2) is 24.4 Å². The SMILES string of the molecule is NC(=S)C1CCCC1NC(=O)c1ccccn1. The fourth-order valence-corrected chi connectivity index (χ4v) is 2.49. The minimum atomic E-state index is -0.154. The molecular formula is C12H15N3OS. The zero-order chi connectivity index (χ0) is 12.3. The average molecular weight is 249 g/mol. The summed E-state index contributed by atoms with van der Waals surface area (Å²) in [5, 5.41) is 2.96. The van der Waals surface area contributed by atoms with E-state index in [1.54, 1.807) is 24.4 Å². The van der Waals surface area contributed by atoms with E-state index in [-0.39, 0.29) is 17.9 Å². The van der Waals surface area contributed by atoms with Gasteiger partial charge in [-0.15, -0.1) is 0 Å². The maximum Gasteiger partial charge on any atom is 0.270 e. The lowest BCUT2D eigenvalue weighted by atomic mass is 10.0. The summed E-state index contributed by atoms with van der Waals surface area (Å²) in [5.74, 6) is -0.0311. The molecule has 1 aromatic heterocycles. The summed E-state index contributed by atoms with van der Waals surface area (Å²) in [6, 6.07) is 5.33. The highest BCUT2D eigenvalue weighted by molar-refractivity contribution is 7.80. The highest BCUT2D eigenvalue weighted by Gasteiger charge is 2.30. The molecule has 17 heavy (non-hydrogen) atoms. The van der Waals surface area contributed by atoms with Crippen LogP contribution in [-0.2, 0) is 0 Å². The molecule has 1 fully saturated rings. The second-order valence-corrected chi connectivity index (χ2v) is 4.71. The molecule has 1 aromatic rings. The van der Waals surface area contributed by atoms with E-state index in [4.69, 9.17) is 18.0 Å². The van der Waals surface area contributed by atoms with Crippen LogP contribution >= 0.6 is 12.2 Å². The van der Waals surface area contributed by atoms with Crippen molar-refractivity contribution >= 4 is 23.1 Å². The maximum absolute atomic E-state index is 11.9. The van der Waals surface area contributed by atoms with Gasteiger partial charge < -0.3 is 11.1 Å². The highest BCUT2D eigenvalue weighted by atomic mass is 32.1. The van der Waals surface area contributed by atoms with Crippen molar-refractivity contribution in [2.75, 3.05) is 0 Å². The molecule has 5 heteroatoms. The highest BCUT2D eigenvalue weighted by Crippen LogP contribution is 2.26. The van der Waals surface area contributed by atoms with Crippen LogP contribution < -0.4 is 11.1 Å². The number of nitrogens with one attached hydrogen (secondary N) is 1. The number of carbonyl (C=O) groups is 1. The third-order valence-electron chi connectivity index (χ3n) is 3.10. The van der Waals surface area contributed by atoms with Gasteiger partial charge in [0.05, 0.1) is 4.99 Å². The van der Waals surface area contributed by atoms with Gasteiger partial charge in [0, 0.05) is 18.2 Å². The van der Waals surface area contributed by atoms with Gasteiger partial charge in [0.15, 0.2) is 0 Å². The molecule has 4 nitrogen and oxygen atoms in total. The number of pyridine rings is 1. The van der Waals surface area contributed by atoms with E-state index in [0.717, 1.165) is 19.3 Å². The molecule has 90 valence electrons. The van der Waals surface area contributed by atoms with Crippen LogP contribution in [0.25, 0.3) is 0 Å². The smallest absolute Gasteiger partial charge is 0.270 e. The zero-order valence-electron chi connectivity index (χ0n) is 9.43. The minimum absolute atomic E-state index is 0.0574. The van der Waals surface area contributed by atoms with Crippen molar-refractivity contribution < 1.29 is 4.79 Å². The Hall–Kier alpha value is -1.49. The number of carbonyl (C=O) groups excluding carboxylic acids is 1. The van der Waals surface area contributed by atoms with Crippen LogP contribution in [0, 0.1) is 5.92 Å². The molecule has 0 aromatic carbocycles. The van der Waals surface area contributed by atoms with Crippen molar-refractivity contribution in [3.05, 3.63) is 30.1 Å². The fraction of sp³-hybridized carbons (Fsp3) is 0.417. The average Bonchev–Trinajstić information content (AvgIpc) is 2.78. The van der Waals surface area contributed by atoms with Crippen molar-refractivity contribution in [3.8, 4) is 0 Å². The Morgan fingerprint density at radius 3 is 2.94 bits per heavy atom. The first-order chi connectivity index (χ1) is 8.18. The summed E-state index contributed by atoms with van der Waals surface area (Å²) >= 11 is 5.01. The summed E-state index contributed by atoms with van der Waals surface area (Å²) in [6.07, 6.45) is 4.55. The Balaban J connectivity index is 2.02. The first-order valence-electron chi connectivity index (χ1n) is 5.69. The van der Waals surface area contributed by atoms with E-state index in [0.29, 0.717) is 10.7 Å². The van der Waals surface area contributed by atoms with Crippen molar-refractivity contribution in [2.24, 2.45) is 11.7 Å². The van der Waals surface area contributed by atoms with E-state index >= 15 is 0 Å². The summed E-state index contributed by atoms with van der Waals surface area (Å²) in [4.78, 5) is 16.4. The third-order valence-corrected chi connectivity index (χ3v) is 3.40. The number of rotatable bonds is 3. The molecule has 0 spiro atoms. The first kappa shape index (κ1) is 12.0. The molecule has 2 unspecified atom stereocenters. The molecule has 2 rings (SSSR count). The number of thiocarbonyl (C=S) groups is 1. The molecule has 1 aliphatic rings. The number of nitrogens with zero attached hydrogens (tertiary/aromatic N) is 1. The Kier molecular flexibility index (Phi) is 3.68. The number of aromatic nitrogens is 1. The molecule has 3 N–H and O–H groups in total. The van der Waals surface area contributed by atoms with Gasteiger partial charge in [-0.25, -0.2) is 0 Å².